The summed E-state index contributed by atoms with van der Waals surface area (Å²) in [6, 6.07) is 3.23. The molecule has 1 fully saturated rings. The van der Waals surface area contributed by atoms with Crippen LogP contribution in [0.3, 0.4) is 0 Å². The van der Waals surface area contributed by atoms with Gasteiger partial charge in [0, 0.05) is 39.5 Å². The lowest BCUT2D eigenvalue weighted by Gasteiger charge is -2.22. The van der Waals surface area contributed by atoms with Crippen LogP contribution in [0.25, 0.3) is 0 Å². The predicted octanol–water partition coefficient (Wildman–Crippen LogP) is 2.09. The van der Waals surface area contributed by atoms with Crippen molar-refractivity contribution in [3.05, 3.63) is 29.8 Å². The summed E-state index contributed by atoms with van der Waals surface area (Å²) in [4.78, 5) is 4.11. The molecule has 0 spiro atoms. The number of halogens is 2. The Morgan fingerprint density at radius 1 is 1.19 bits per heavy atom. The van der Waals surface area contributed by atoms with E-state index in [4.69, 9.17) is 14.2 Å². The average molecular weight is 371 g/mol. The molecule has 146 valence electrons. The van der Waals surface area contributed by atoms with Crippen molar-refractivity contribution in [3.8, 4) is 5.75 Å². The molecule has 0 aliphatic carbocycles. The lowest BCUT2D eigenvalue weighted by Crippen LogP contribution is -2.40. The lowest BCUT2D eigenvalue weighted by atomic mass is 10.1. The number of ether oxygens (including phenoxy) is 3. The Morgan fingerprint density at radius 3 is 2.69 bits per heavy atom. The summed E-state index contributed by atoms with van der Waals surface area (Å²) in [7, 11) is 1.67. The molecule has 26 heavy (non-hydrogen) atoms. The smallest absolute Gasteiger partial charge is 0.191 e. The number of nitrogens with one attached hydrogen (secondary N) is 2. The van der Waals surface area contributed by atoms with E-state index >= 15 is 0 Å². The second-order valence-corrected chi connectivity index (χ2v) is 5.89. The number of guanidine groups is 1. The maximum atomic E-state index is 13.4. The number of nitrogens with zero attached hydrogens (tertiary/aromatic N) is 1. The van der Waals surface area contributed by atoms with Crippen LogP contribution in [-0.4, -0.2) is 58.6 Å². The Kier molecular flexibility index (Phi) is 9.13. The molecular formula is C18H27F2N3O3. The zero-order chi connectivity index (χ0) is 18.6. The molecule has 0 radical (unpaired) electrons. The van der Waals surface area contributed by atoms with Crippen LogP contribution < -0.4 is 15.4 Å². The highest BCUT2D eigenvalue weighted by atomic mass is 19.1. The van der Waals surface area contributed by atoms with E-state index in [1.54, 1.807) is 7.05 Å². The second-order valence-electron chi connectivity index (χ2n) is 5.89. The summed E-state index contributed by atoms with van der Waals surface area (Å²) in [5.41, 5.74) is 0. The largest absolute Gasteiger partial charge is 0.489 e. The van der Waals surface area contributed by atoms with Crippen molar-refractivity contribution in [1.29, 1.82) is 0 Å². The summed E-state index contributed by atoms with van der Waals surface area (Å²) >= 11 is 0. The molecule has 0 amide bonds. The molecule has 6 nitrogen and oxygen atoms in total. The third-order valence-corrected chi connectivity index (χ3v) is 3.91. The summed E-state index contributed by atoms with van der Waals surface area (Å²) in [6.07, 6.45) is 3.11. The van der Waals surface area contributed by atoms with Crippen molar-refractivity contribution in [2.75, 3.05) is 46.6 Å². The highest BCUT2D eigenvalue weighted by Gasteiger charge is 2.13. The molecule has 0 unspecified atom stereocenters. The van der Waals surface area contributed by atoms with Crippen molar-refractivity contribution < 1.29 is 23.0 Å². The molecule has 1 aliphatic rings. The third-order valence-electron chi connectivity index (χ3n) is 3.91. The molecule has 2 rings (SSSR count). The van der Waals surface area contributed by atoms with Gasteiger partial charge in [-0.05, 0) is 31.4 Å². The Bertz CT molecular complexity index is 567. The summed E-state index contributed by atoms with van der Waals surface area (Å²) in [5, 5.41) is 6.25. The minimum atomic E-state index is -0.711. The van der Waals surface area contributed by atoms with E-state index in [9.17, 15) is 8.78 Å². The van der Waals surface area contributed by atoms with Crippen molar-refractivity contribution in [3.63, 3.8) is 0 Å². The Morgan fingerprint density at radius 2 is 1.96 bits per heavy atom. The van der Waals surface area contributed by atoms with Crippen molar-refractivity contribution >= 4 is 5.96 Å². The van der Waals surface area contributed by atoms with Crippen molar-refractivity contribution in [2.45, 2.75) is 25.4 Å². The zero-order valence-corrected chi connectivity index (χ0v) is 15.1. The number of hydrogen-bond donors (Lipinski definition) is 2. The first-order valence-electron chi connectivity index (χ1n) is 8.90. The third kappa shape index (κ3) is 7.53. The van der Waals surface area contributed by atoms with Crippen LogP contribution in [0.2, 0.25) is 0 Å². The molecule has 1 aromatic rings. The van der Waals surface area contributed by atoms with Gasteiger partial charge in [-0.1, -0.05) is 0 Å². The first kappa shape index (κ1) is 20.4. The molecule has 0 atom stereocenters. The number of aliphatic imine (C=N–C) groups is 1. The van der Waals surface area contributed by atoms with E-state index in [1.165, 1.54) is 6.07 Å². The predicted molar refractivity (Wildman–Crippen MR) is 95.6 cm³/mol. The first-order valence-corrected chi connectivity index (χ1v) is 8.90. The van der Waals surface area contributed by atoms with Gasteiger partial charge in [0.15, 0.2) is 17.5 Å². The Hall–Kier alpha value is -1.93. The summed E-state index contributed by atoms with van der Waals surface area (Å²) < 4.78 is 42.6. The van der Waals surface area contributed by atoms with Crippen molar-refractivity contribution in [1.82, 2.24) is 10.6 Å². The van der Waals surface area contributed by atoms with Crippen LogP contribution in [-0.2, 0) is 9.47 Å². The Labute approximate surface area is 152 Å². The highest BCUT2D eigenvalue weighted by molar-refractivity contribution is 5.79. The fourth-order valence-corrected chi connectivity index (χ4v) is 2.51. The fraction of sp³-hybridized carbons (Fsp3) is 0.611. The number of rotatable bonds is 9. The summed E-state index contributed by atoms with van der Waals surface area (Å²) in [6.45, 7) is 3.66. The molecule has 2 N–H and O–H groups in total. The van der Waals surface area contributed by atoms with Crippen LogP contribution in [0.5, 0.6) is 5.75 Å². The lowest BCUT2D eigenvalue weighted by molar-refractivity contribution is -0.0320. The molecular weight excluding hydrogens is 344 g/mol. The zero-order valence-electron chi connectivity index (χ0n) is 15.1. The van der Waals surface area contributed by atoms with Gasteiger partial charge in [-0.25, -0.2) is 8.78 Å². The molecule has 1 aliphatic heterocycles. The molecule has 1 saturated heterocycles. The first-order chi connectivity index (χ1) is 12.7. The standard InChI is InChI=1S/C18H27F2N3O3/c1-21-18(22-7-2-9-25-15-5-10-24-11-6-15)23-8-12-26-17-4-3-14(19)13-16(17)20/h3-4,13,15H,2,5-12H2,1H3,(H2,21,22,23). The highest BCUT2D eigenvalue weighted by Crippen LogP contribution is 2.17. The van der Waals surface area contributed by atoms with Gasteiger partial charge in [-0.3, -0.25) is 4.99 Å². The van der Waals surface area contributed by atoms with Crippen LogP contribution in [0.1, 0.15) is 19.3 Å². The summed E-state index contributed by atoms with van der Waals surface area (Å²) in [5.74, 6) is -0.670. The van der Waals surface area contributed by atoms with Gasteiger partial charge in [0.2, 0.25) is 0 Å². The van der Waals surface area contributed by atoms with E-state index in [0.29, 0.717) is 25.2 Å². The van der Waals surface area contributed by atoms with E-state index in [1.807, 2.05) is 0 Å². The molecule has 8 heteroatoms. The van der Waals surface area contributed by atoms with Crippen LogP contribution in [0, 0.1) is 11.6 Å². The van der Waals surface area contributed by atoms with Crippen LogP contribution in [0.15, 0.2) is 23.2 Å². The van der Waals surface area contributed by atoms with E-state index in [2.05, 4.69) is 15.6 Å². The van der Waals surface area contributed by atoms with E-state index in [0.717, 1.165) is 51.2 Å². The van der Waals surface area contributed by atoms with Gasteiger partial charge in [-0.15, -0.1) is 0 Å². The van der Waals surface area contributed by atoms with E-state index in [-0.39, 0.29) is 12.4 Å². The molecule has 1 heterocycles. The van der Waals surface area contributed by atoms with Gasteiger partial charge >= 0.3 is 0 Å². The maximum Gasteiger partial charge on any atom is 0.191 e. The van der Waals surface area contributed by atoms with Crippen LogP contribution >= 0.6 is 0 Å². The van der Waals surface area contributed by atoms with Gasteiger partial charge in [0.25, 0.3) is 0 Å². The second kappa shape index (κ2) is 11.6. The quantitative estimate of drug-likeness (QED) is 0.395. The number of benzene rings is 1. The molecule has 1 aromatic carbocycles. The molecule has 0 bridgehead atoms. The maximum absolute atomic E-state index is 13.4. The minimum absolute atomic E-state index is 0.0291. The number of hydrogen-bond acceptors (Lipinski definition) is 4. The normalized spacial score (nSPS) is 15.7. The minimum Gasteiger partial charge on any atom is -0.489 e. The Balaban J connectivity index is 1.53. The van der Waals surface area contributed by atoms with E-state index < -0.39 is 11.6 Å². The van der Waals surface area contributed by atoms with Gasteiger partial charge in [-0.2, -0.15) is 0 Å². The van der Waals surface area contributed by atoms with Gasteiger partial charge < -0.3 is 24.8 Å². The monoisotopic (exact) mass is 371 g/mol. The SMILES string of the molecule is CN=C(NCCCOC1CCOCC1)NCCOc1ccc(F)cc1F. The van der Waals surface area contributed by atoms with Gasteiger partial charge in [0.05, 0.1) is 12.6 Å². The van der Waals surface area contributed by atoms with Crippen LogP contribution in [0.4, 0.5) is 8.78 Å². The molecule has 0 saturated carbocycles. The molecule has 0 aromatic heterocycles. The van der Waals surface area contributed by atoms with Gasteiger partial charge in [0.1, 0.15) is 12.4 Å². The average Bonchev–Trinajstić information content (AvgIpc) is 2.65. The van der Waals surface area contributed by atoms with Crippen molar-refractivity contribution in [2.24, 2.45) is 4.99 Å². The fourth-order valence-electron chi connectivity index (χ4n) is 2.51. The topological polar surface area (TPSA) is 64.1 Å².